The molecule has 0 heterocycles. The average molecular weight is 594 g/mol. The van der Waals surface area contributed by atoms with Crippen LogP contribution in [0.5, 0.6) is 0 Å². The summed E-state index contributed by atoms with van der Waals surface area (Å²) in [5.74, 6) is -1.49. The number of nitrogens with one attached hydrogen (secondary N) is 4. The highest BCUT2D eigenvalue weighted by molar-refractivity contribution is 6.34. The van der Waals surface area contributed by atoms with Crippen LogP contribution in [0, 0.1) is 0 Å². The van der Waals surface area contributed by atoms with Gasteiger partial charge in [-0.05, 0) is 69.7 Å². The zero-order valence-corrected chi connectivity index (χ0v) is 24.4. The van der Waals surface area contributed by atoms with E-state index in [9.17, 15) is 19.2 Å². The first kappa shape index (κ1) is 32.4. The maximum Gasteiger partial charge on any atom is 0.413 e. The minimum absolute atomic E-state index is 0.118. The molecule has 3 amide bonds. The predicted octanol–water partition coefficient (Wildman–Crippen LogP) is 4.46. The lowest BCUT2D eigenvalue weighted by Gasteiger charge is -2.23. The fraction of sp³-hybridized carbons (Fsp3) is 0.370. The summed E-state index contributed by atoms with van der Waals surface area (Å²) in [4.78, 5) is 53.6. The van der Waals surface area contributed by atoms with Crippen LogP contribution in [0.1, 0.15) is 56.1 Å². The van der Waals surface area contributed by atoms with E-state index in [-0.39, 0.29) is 31.1 Å². The highest BCUT2D eigenvalue weighted by Gasteiger charge is 2.24. The number of guanidine groups is 1. The van der Waals surface area contributed by atoms with Crippen LogP contribution in [0.2, 0.25) is 10.0 Å². The Bertz CT molecular complexity index is 1240. The molecule has 0 aliphatic rings. The van der Waals surface area contributed by atoms with Gasteiger partial charge in [-0.2, -0.15) is 0 Å². The van der Waals surface area contributed by atoms with E-state index in [1.165, 1.54) is 19.2 Å². The first-order chi connectivity index (χ1) is 18.8. The summed E-state index contributed by atoms with van der Waals surface area (Å²) < 4.78 is 10.2. The molecule has 40 heavy (non-hydrogen) atoms. The highest BCUT2D eigenvalue weighted by Crippen LogP contribution is 2.26. The van der Waals surface area contributed by atoms with Crippen molar-refractivity contribution in [2.24, 2.45) is 4.99 Å². The third-order valence-electron chi connectivity index (χ3n) is 4.93. The third-order valence-corrected chi connectivity index (χ3v) is 5.37. The molecule has 0 aliphatic heterocycles. The van der Waals surface area contributed by atoms with Crippen LogP contribution < -0.4 is 21.3 Å². The van der Waals surface area contributed by atoms with Crippen molar-refractivity contribution in [1.82, 2.24) is 16.0 Å². The normalized spacial score (nSPS) is 12.1. The lowest BCUT2D eigenvalue weighted by Crippen LogP contribution is -2.40. The summed E-state index contributed by atoms with van der Waals surface area (Å²) >= 11 is 12.3. The molecule has 2 rings (SSSR count). The van der Waals surface area contributed by atoms with Crippen molar-refractivity contribution < 1.29 is 28.7 Å². The molecule has 0 fully saturated rings. The molecule has 11 nitrogen and oxygen atoms in total. The first-order valence-corrected chi connectivity index (χ1v) is 13.1. The number of carbonyl (C=O) groups excluding carboxylic acids is 4. The zero-order chi connectivity index (χ0) is 29.9. The smallest absolute Gasteiger partial charge is 0.413 e. The predicted molar refractivity (Wildman–Crippen MR) is 154 cm³/mol. The van der Waals surface area contributed by atoms with Gasteiger partial charge in [-0.1, -0.05) is 29.3 Å². The van der Waals surface area contributed by atoms with Crippen molar-refractivity contribution in [3.8, 4) is 0 Å². The molecule has 0 spiro atoms. The Kier molecular flexibility index (Phi) is 12.2. The average Bonchev–Trinajstić information content (AvgIpc) is 2.85. The van der Waals surface area contributed by atoms with Crippen LogP contribution in [0.4, 0.5) is 10.5 Å². The number of anilines is 1. The Morgan fingerprint density at radius 2 is 1.70 bits per heavy atom. The number of aliphatic imine (C=N–C) groups is 1. The van der Waals surface area contributed by atoms with E-state index < -0.39 is 35.5 Å². The van der Waals surface area contributed by atoms with Gasteiger partial charge in [-0.3, -0.25) is 24.7 Å². The number of hydrogen-bond acceptors (Lipinski definition) is 7. The Balaban J connectivity index is 2.06. The molecule has 0 bridgehead atoms. The van der Waals surface area contributed by atoms with Crippen molar-refractivity contribution in [3.05, 3.63) is 63.6 Å². The molecule has 1 atom stereocenters. The van der Waals surface area contributed by atoms with Crippen molar-refractivity contribution in [3.63, 3.8) is 0 Å². The molecule has 4 N–H and O–H groups in total. The van der Waals surface area contributed by atoms with Gasteiger partial charge in [0.15, 0.2) is 0 Å². The Hall–Kier alpha value is -3.83. The van der Waals surface area contributed by atoms with Gasteiger partial charge >= 0.3 is 12.1 Å². The number of rotatable bonds is 9. The number of benzene rings is 2. The summed E-state index contributed by atoms with van der Waals surface area (Å²) in [6.07, 6.45) is -0.858. The first-order valence-electron chi connectivity index (χ1n) is 12.3. The van der Waals surface area contributed by atoms with Gasteiger partial charge in [0.2, 0.25) is 11.9 Å². The van der Waals surface area contributed by atoms with E-state index in [2.05, 4.69) is 26.3 Å². The number of halogens is 2. The van der Waals surface area contributed by atoms with Gasteiger partial charge in [-0.25, -0.2) is 4.79 Å². The molecule has 13 heteroatoms. The number of ether oxygens (including phenoxy) is 2. The molecular weight excluding hydrogens is 561 g/mol. The van der Waals surface area contributed by atoms with Gasteiger partial charge in [0.05, 0.1) is 25.6 Å². The second kappa shape index (κ2) is 15.1. The summed E-state index contributed by atoms with van der Waals surface area (Å²) in [6, 6.07) is 10.3. The van der Waals surface area contributed by atoms with Gasteiger partial charge in [-0.15, -0.1) is 0 Å². The second-order valence-corrected chi connectivity index (χ2v) is 10.3. The second-order valence-electron chi connectivity index (χ2n) is 9.42. The number of amides is 3. The van der Waals surface area contributed by atoms with Crippen LogP contribution in [-0.2, 0) is 19.1 Å². The topological polar surface area (TPSA) is 147 Å². The molecule has 0 saturated carbocycles. The molecule has 0 radical (unpaired) electrons. The van der Waals surface area contributed by atoms with Gasteiger partial charge in [0.1, 0.15) is 5.60 Å². The van der Waals surface area contributed by atoms with Crippen molar-refractivity contribution in [2.45, 2.75) is 45.8 Å². The fourth-order valence-electron chi connectivity index (χ4n) is 3.37. The minimum Gasteiger partial charge on any atom is -0.460 e. The number of nitrogens with zero attached hydrogens (tertiary/aromatic N) is 1. The summed E-state index contributed by atoms with van der Waals surface area (Å²) in [7, 11) is 1.47. The maximum atomic E-state index is 12.8. The van der Waals surface area contributed by atoms with Crippen molar-refractivity contribution in [2.75, 3.05) is 25.5 Å². The van der Waals surface area contributed by atoms with Gasteiger partial charge in [0, 0.05) is 28.3 Å². The largest absolute Gasteiger partial charge is 0.460 e. The summed E-state index contributed by atoms with van der Waals surface area (Å²) in [6.45, 7) is 6.71. The molecule has 0 aromatic heterocycles. The zero-order valence-electron chi connectivity index (χ0n) is 22.9. The Morgan fingerprint density at radius 1 is 1.02 bits per heavy atom. The SMILES string of the molecule is CCOC(=O)NC(=NC)Nc1cccc(C(=O)NCC(=O)NC(CC(=O)OC(C)(C)C)c2cc(Cl)cc(Cl)c2)c1. The van der Waals surface area contributed by atoms with E-state index in [0.29, 0.717) is 21.3 Å². The molecule has 216 valence electrons. The van der Waals surface area contributed by atoms with Crippen molar-refractivity contribution >= 4 is 58.7 Å². The molecule has 2 aromatic rings. The quantitative estimate of drug-likeness (QED) is 0.191. The molecule has 2 aromatic carbocycles. The number of carbonyl (C=O) groups is 4. The van der Waals surface area contributed by atoms with E-state index in [4.69, 9.17) is 32.7 Å². The molecule has 0 aliphatic carbocycles. The van der Waals surface area contributed by atoms with Crippen molar-refractivity contribution in [1.29, 1.82) is 0 Å². The standard InChI is InChI=1S/C27H33Cl2N5O6/c1-6-39-26(38)34-25(30-5)32-20-9-7-8-16(12-20)24(37)31-15-22(35)33-21(14-23(36)40-27(2,3)4)17-10-18(28)13-19(29)11-17/h7-13,21H,6,14-15H2,1-5H3,(H,31,37)(H,33,35)(H2,30,32,34,38). The molecule has 0 saturated heterocycles. The van der Waals surface area contributed by atoms with Crippen LogP contribution in [0.3, 0.4) is 0 Å². The van der Waals surface area contributed by atoms with Crippen LogP contribution in [0.15, 0.2) is 47.5 Å². The maximum absolute atomic E-state index is 12.8. The summed E-state index contributed by atoms with van der Waals surface area (Å²) in [5, 5.41) is 11.3. The third kappa shape index (κ3) is 11.5. The van der Waals surface area contributed by atoms with E-state index in [1.54, 1.807) is 58.0 Å². The fourth-order valence-corrected chi connectivity index (χ4v) is 3.91. The van der Waals surface area contributed by atoms with Gasteiger partial charge in [0.25, 0.3) is 5.91 Å². The van der Waals surface area contributed by atoms with Crippen LogP contribution in [0.25, 0.3) is 0 Å². The molecular formula is C27H33Cl2N5O6. The van der Waals surface area contributed by atoms with E-state index >= 15 is 0 Å². The van der Waals surface area contributed by atoms with E-state index in [1.807, 2.05) is 0 Å². The number of hydrogen-bond donors (Lipinski definition) is 4. The lowest BCUT2D eigenvalue weighted by molar-refractivity contribution is -0.155. The van der Waals surface area contributed by atoms with Crippen LogP contribution >= 0.6 is 23.2 Å². The summed E-state index contributed by atoms with van der Waals surface area (Å²) in [5.41, 5.74) is 0.501. The minimum atomic E-state index is -0.804. The Labute approximate surface area is 243 Å². The monoisotopic (exact) mass is 593 g/mol. The Morgan fingerprint density at radius 3 is 2.30 bits per heavy atom. The number of esters is 1. The van der Waals surface area contributed by atoms with Crippen LogP contribution in [-0.4, -0.2) is 55.6 Å². The molecule has 1 unspecified atom stereocenters. The van der Waals surface area contributed by atoms with E-state index in [0.717, 1.165) is 0 Å². The van der Waals surface area contributed by atoms with Gasteiger partial charge < -0.3 is 25.4 Å². The highest BCUT2D eigenvalue weighted by atomic mass is 35.5. The number of alkyl carbamates (subject to hydrolysis) is 1. The lowest BCUT2D eigenvalue weighted by atomic mass is 10.0.